The second-order valence-electron chi connectivity index (χ2n) is 4.07. The van der Waals surface area contributed by atoms with E-state index in [0.29, 0.717) is 0 Å². The normalized spacial score (nSPS) is 9.53. The first kappa shape index (κ1) is 15.8. The van der Waals surface area contributed by atoms with Gasteiger partial charge in [-0.15, -0.1) is 0 Å². The summed E-state index contributed by atoms with van der Waals surface area (Å²) in [4.78, 5) is 3.39. The molecule has 1 heterocycles. The molecule has 0 unspecified atom stereocenters. The van der Waals surface area contributed by atoms with Crippen molar-refractivity contribution >= 4 is 37.7 Å². The molecule has 102 valence electrons. The number of hydrogen-bond donors (Lipinski definition) is 1. The van der Waals surface area contributed by atoms with E-state index in [2.05, 4.69) is 71.2 Å². The number of halogens is 1. The van der Waals surface area contributed by atoms with Crippen LogP contribution < -0.4 is 0 Å². The largest absolute Gasteiger partial charge is 0.354 e. The molecule has 3 rings (SSSR count). The minimum atomic E-state index is 1.11. The molecule has 0 saturated heterocycles. The smallest absolute Gasteiger partial charge is 0.0476 e. The third-order valence-corrected chi connectivity index (χ3v) is 2.96. The minimum absolute atomic E-state index is 1.11. The van der Waals surface area contributed by atoms with E-state index in [1.807, 2.05) is 19.9 Å². The molecule has 0 aliphatic heterocycles. The molecular weight excluding hydrogens is 298 g/mol. The first-order chi connectivity index (χ1) is 9.26. The Morgan fingerprint density at radius 3 is 2.16 bits per heavy atom. The molecule has 1 aromatic heterocycles. The highest BCUT2D eigenvalue weighted by atomic mass is 79.9. The number of aromatic nitrogens is 1. The zero-order valence-corrected chi connectivity index (χ0v) is 13.7. The summed E-state index contributed by atoms with van der Waals surface area (Å²) in [5, 5.41) is 2.57. The molecule has 0 fully saturated rings. The third-order valence-electron chi connectivity index (χ3n) is 2.47. The Kier molecular flexibility index (Phi) is 6.65. The molecule has 0 aliphatic rings. The quantitative estimate of drug-likeness (QED) is 0.485. The second kappa shape index (κ2) is 8.00. The van der Waals surface area contributed by atoms with E-state index >= 15 is 0 Å². The summed E-state index contributed by atoms with van der Waals surface area (Å²) < 4.78 is 1.11. The van der Waals surface area contributed by atoms with Crippen LogP contribution in [0.5, 0.6) is 0 Å². The lowest BCUT2D eigenvalue weighted by Gasteiger charge is -1.90. The van der Waals surface area contributed by atoms with Crippen LogP contribution in [0.3, 0.4) is 0 Å². The van der Waals surface area contributed by atoms with Gasteiger partial charge in [0.2, 0.25) is 0 Å². The van der Waals surface area contributed by atoms with Gasteiger partial charge in [-0.25, -0.2) is 0 Å². The maximum Gasteiger partial charge on any atom is 0.0476 e. The van der Waals surface area contributed by atoms with Crippen molar-refractivity contribution in [3.8, 4) is 0 Å². The lowest BCUT2D eigenvalue weighted by molar-refractivity contribution is 1.09. The standard InChI is InChI=1S/C12H8BrN.C3H8.C2H6/c13-8-5-6-10-9-3-1-2-4-11(9)14-12(10)7-8;1-3-2;1-2/h1-7,14H;3H2,1-2H3;1-2H3. The van der Waals surface area contributed by atoms with E-state index in [1.165, 1.54) is 28.2 Å². The van der Waals surface area contributed by atoms with Crippen molar-refractivity contribution in [3.63, 3.8) is 0 Å². The van der Waals surface area contributed by atoms with Gasteiger partial charge in [0.05, 0.1) is 0 Å². The van der Waals surface area contributed by atoms with E-state index in [-0.39, 0.29) is 0 Å². The maximum absolute atomic E-state index is 3.47. The lowest BCUT2D eigenvalue weighted by atomic mass is 10.2. The van der Waals surface area contributed by atoms with Gasteiger partial charge in [0, 0.05) is 26.3 Å². The predicted octanol–water partition coefficient (Wildman–Crippen LogP) is 6.53. The number of H-pyrrole nitrogens is 1. The van der Waals surface area contributed by atoms with Crippen LogP contribution in [0.25, 0.3) is 21.8 Å². The average molecular weight is 320 g/mol. The molecule has 2 heteroatoms. The fraction of sp³-hybridized carbons (Fsp3) is 0.294. The first-order valence-electron chi connectivity index (χ1n) is 6.92. The van der Waals surface area contributed by atoms with E-state index in [1.54, 1.807) is 0 Å². The summed E-state index contributed by atoms with van der Waals surface area (Å²) in [6, 6.07) is 14.7. The van der Waals surface area contributed by atoms with Crippen LogP contribution in [0.4, 0.5) is 0 Å². The Morgan fingerprint density at radius 2 is 1.47 bits per heavy atom. The van der Waals surface area contributed by atoms with E-state index in [0.717, 1.165) is 4.47 Å². The van der Waals surface area contributed by atoms with Gasteiger partial charge < -0.3 is 4.98 Å². The summed E-state index contributed by atoms with van der Waals surface area (Å²) in [6.45, 7) is 8.25. The number of para-hydroxylation sites is 1. The third kappa shape index (κ3) is 3.84. The predicted molar refractivity (Wildman–Crippen MR) is 90.8 cm³/mol. The SMILES string of the molecule is Brc1ccc2c(c1)[nH]c1ccccc12.CC.CCC. The summed E-state index contributed by atoms with van der Waals surface area (Å²) in [5.74, 6) is 0. The van der Waals surface area contributed by atoms with Crippen LogP contribution in [0, 0.1) is 0 Å². The van der Waals surface area contributed by atoms with Crippen LogP contribution in [-0.4, -0.2) is 4.98 Å². The fourth-order valence-electron chi connectivity index (χ4n) is 1.83. The van der Waals surface area contributed by atoms with Crippen molar-refractivity contribution in [3.05, 3.63) is 46.9 Å². The molecule has 3 aromatic rings. The summed E-state index contributed by atoms with van der Waals surface area (Å²) in [5.41, 5.74) is 2.38. The Labute approximate surface area is 124 Å². The Balaban J connectivity index is 0.000000321. The van der Waals surface area contributed by atoms with E-state index < -0.39 is 0 Å². The summed E-state index contributed by atoms with van der Waals surface area (Å²) >= 11 is 3.47. The minimum Gasteiger partial charge on any atom is -0.354 e. The number of rotatable bonds is 0. The van der Waals surface area contributed by atoms with E-state index in [4.69, 9.17) is 0 Å². The lowest BCUT2D eigenvalue weighted by Crippen LogP contribution is -1.66. The molecule has 0 radical (unpaired) electrons. The Morgan fingerprint density at radius 1 is 0.895 bits per heavy atom. The van der Waals surface area contributed by atoms with Crippen molar-refractivity contribution in [2.45, 2.75) is 34.1 Å². The Hall–Kier alpha value is -1.28. The topological polar surface area (TPSA) is 15.8 Å². The van der Waals surface area contributed by atoms with Crippen LogP contribution in [0.15, 0.2) is 46.9 Å². The fourth-order valence-corrected chi connectivity index (χ4v) is 2.19. The molecule has 0 spiro atoms. The number of hydrogen-bond acceptors (Lipinski definition) is 0. The van der Waals surface area contributed by atoms with Crippen molar-refractivity contribution in [1.29, 1.82) is 0 Å². The number of aromatic amines is 1. The van der Waals surface area contributed by atoms with E-state index in [9.17, 15) is 0 Å². The molecule has 19 heavy (non-hydrogen) atoms. The zero-order chi connectivity index (χ0) is 14.3. The Bertz CT molecular complexity index is 625. The molecule has 0 atom stereocenters. The molecule has 1 N–H and O–H groups in total. The molecular formula is C17H22BrN. The van der Waals surface area contributed by atoms with Crippen molar-refractivity contribution in [2.75, 3.05) is 0 Å². The highest BCUT2D eigenvalue weighted by Crippen LogP contribution is 2.27. The van der Waals surface area contributed by atoms with Crippen LogP contribution in [-0.2, 0) is 0 Å². The molecule has 1 nitrogen and oxygen atoms in total. The monoisotopic (exact) mass is 319 g/mol. The average Bonchev–Trinajstić information content (AvgIpc) is 2.79. The summed E-state index contributed by atoms with van der Waals surface area (Å²) in [6.07, 6.45) is 1.25. The number of fused-ring (bicyclic) bond motifs is 3. The molecule has 0 aliphatic carbocycles. The van der Waals surface area contributed by atoms with Crippen molar-refractivity contribution < 1.29 is 0 Å². The molecule has 2 aromatic carbocycles. The van der Waals surface area contributed by atoms with Crippen LogP contribution >= 0.6 is 15.9 Å². The van der Waals surface area contributed by atoms with Gasteiger partial charge in [0.15, 0.2) is 0 Å². The highest BCUT2D eigenvalue weighted by Gasteiger charge is 2.02. The van der Waals surface area contributed by atoms with Crippen molar-refractivity contribution in [1.82, 2.24) is 4.98 Å². The van der Waals surface area contributed by atoms with Crippen LogP contribution in [0.1, 0.15) is 34.1 Å². The first-order valence-corrected chi connectivity index (χ1v) is 7.71. The maximum atomic E-state index is 3.47. The number of nitrogens with one attached hydrogen (secondary N) is 1. The van der Waals surface area contributed by atoms with Gasteiger partial charge in [-0.2, -0.15) is 0 Å². The molecule has 0 amide bonds. The molecule has 0 bridgehead atoms. The van der Waals surface area contributed by atoms with Gasteiger partial charge >= 0.3 is 0 Å². The van der Waals surface area contributed by atoms with Crippen LogP contribution in [0.2, 0.25) is 0 Å². The summed E-state index contributed by atoms with van der Waals surface area (Å²) in [7, 11) is 0. The van der Waals surface area contributed by atoms with Crippen molar-refractivity contribution in [2.24, 2.45) is 0 Å². The second-order valence-corrected chi connectivity index (χ2v) is 4.98. The van der Waals surface area contributed by atoms with Gasteiger partial charge in [-0.05, 0) is 18.2 Å². The van der Waals surface area contributed by atoms with Gasteiger partial charge in [0.25, 0.3) is 0 Å². The van der Waals surface area contributed by atoms with Gasteiger partial charge in [0.1, 0.15) is 0 Å². The van der Waals surface area contributed by atoms with Gasteiger partial charge in [-0.1, -0.05) is 74.3 Å². The zero-order valence-electron chi connectivity index (χ0n) is 12.1. The molecule has 0 saturated carbocycles. The number of benzene rings is 2. The highest BCUT2D eigenvalue weighted by molar-refractivity contribution is 9.10. The van der Waals surface area contributed by atoms with Gasteiger partial charge in [-0.3, -0.25) is 0 Å².